The van der Waals surface area contributed by atoms with Crippen LogP contribution in [0.4, 0.5) is 0 Å². The number of rotatable bonds is 6. The molecule has 0 aliphatic carbocycles. The minimum atomic E-state index is 0.177. The maximum atomic E-state index is 6.09. The molecule has 6 heteroatoms. The SMILES string of the molecule is CN=C(NCC(C)CN1CCOCC1)NCC1CCCOC1C(C)(C)C. The highest BCUT2D eigenvalue weighted by molar-refractivity contribution is 5.79. The zero-order valence-corrected chi connectivity index (χ0v) is 17.5. The predicted molar refractivity (Wildman–Crippen MR) is 108 cm³/mol. The first-order chi connectivity index (χ1) is 12.4. The van der Waals surface area contributed by atoms with E-state index in [1.807, 2.05) is 7.05 Å². The molecule has 0 aromatic carbocycles. The van der Waals surface area contributed by atoms with E-state index in [0.717, 1.165) is 64.9 Å². The van der Waals surface area contributed by atoms with Crippen molar-refractivity contribution in [1.82, 2.24) is 15.5 Å². The molecule has 2 aliphatic heterocycles. The lowest BCUT2D eigenvalue weighted by atomic mass is 9.78. The fourth-order valence-electron chi connectivity index (χ4n) is 4.02. The van der Waals surface area contributed by atoms with Crippen LogP contribution >= 0.6 is 0 Å². The Morgan fingerprint density at radius 3 is 2.58 bits per heavy atom. The molecule has 152 valence electrons. The largest absolute Gasteiger partial charge is 0.379 e. The van der Waals surface area contributed by atoms with Gasteiger partial charge in [-0.2, -0.15) is 0 Å². The van der Waals surface area contributed by atoms with Gasteiger partial charge in [0.05, 0.1) is 19.3 Å². The molecular formula is C20H40N4O2. The Hall–Kier alpha value is -0.850. The summed E-state index contributed by atoms with van der Waals surface area (Å²) in [5, 5.41) is 7.02. The highest BCUT2D eigenvalue weighted by Crippen LogP contribution is 2.33. The molecule has 0 saturated carbocycles. The van der Waals surface area contributed by atoms with Gasteiger partial charge in [-0.15, -0.1) is 0 Å². The van der Waals surface area contributed by atoms with Crippen LogP contribution in [0.3, 0.4) is 0 Å². The third-order valence-corrected chi connectivity index (χ3v) is 5.35. The lowest BCUT2D eigenvalue weighted by molar-refractivity contribution is -0.0835. The molecule has 3 unspecified atom stereocenters. The molecule has 0 spiro atoms. The molecule has 2 N–H and O–H groups in total. The normalized spacial score (nSPS) is 27.2. The molecule has 3 atom stereocenters. The lowest BCUT2D eigenvalue weighted by Gasteiger charge is -2.40. The minimum absolute atomic E-state index is 0.177. The Labute approximate surface area is 160 Å². The second kappa shape index (κ2) is 10.5. The van der Waals surface area contributed by atoms with Crippen molar-refractivity contribution < 1.29 is 9.47 Å². The Bertz CT molecular complexity index is 430. The Kier molecular flexibility index (Phi) is 8.64. The molecule has 0 aromatic rings. The minimum Gasteiger partial charge on any atom is -0.379 e. The summed E-state index contributed by atoms with van der Waals surface area (Å²) in [6, 6.07) is 0. The molecule has 0 bridgehead atoms. The summed E-state index contributed by atoms with van der Waals surface area (Å²) in [5.41, 5.74) is 0.177. The third kappa shape index (κ3) is 7.05. The molecule has 26 heavy (non-hydrogen) atoms. The van der Waals surface area contributed by atoms with Crippen LogP contribution < -0.4 is 10.6 Å². The van der Waals surface area contributed by atoms with Crippen LogP contribution in [-0.2, 0) is 9.47 Å². The average Bonchev–Trinajstić information content (AvgIpc) is 2.62. The summed E-state index contributed by atoms with van der Waals surface area (Å²) in [7, 11) is 1.85. The first-order valence-corrected chi connectivity index (χ1v) is 10.3. The summed E-state index contributed by atoms with van der Waals surface area (Å²) < 4.78 is 11.5. The summed E-state index contributed by atoms with van der Waals surface area (Å²) >= 11 is 0. The number of nitrogens with zero attached hydrogens (tertiary/aromatic N) is 2. The van der Waals surface area contributed by atoms with Gasteiger partial charge < -0.3 is 20.1 Å². The smallest absolute Gasteiger partial charge is 0.190 e. The van der Waals surface area contributed by atoms with Gasteiger partial charge in [-0.05, 0) is 24.2 Å². The van der Waals surface area contributed by atoms with Crippen LogP contribution in [-0.4, -0.2) is 76.6 Å². The Morgan fingerprint density at radius 1 is 1.19 bits per heavy atom. The van der Waals surface area contributed by atoms with Crippen molar-refractivity contribution in [2.75, 3.05) is 59.6 Å². The van der Waals surface area contributed by atoms with Gasteiger partial charge in [0.2, 0.25) is 0 Å². The third-order valence-electron chi connectivity index (χ3n) is 5.35. The second-order valence-corrected chi connectivity index (χ2v) is 8.91. The van der Waals surface area contributed by atoms with Crippen LogP contribution in [0.15, 0.2) is 4.99 Å². The molecule has 2 fully saturated rings. The monoisotopic (exact) mass is 368 g/mol. The molecular weight excluding hydrogens is 328 g/mol. The van der Waals surface area contributed by atoms with Gasteiger partial charge >= 0.3 is 0 Å². The number of morpholine rings is 1. The summed E-state index contributed by atoms with van der Waals surface area (Å²) in [4.78, 5) is 6.88. The summed E-state index contributed by atoms with van der Waals surface area (Å²) in [6.07, 6.45) is 2.68. The standard InChI is InChI=1S/C20H40N4O2/c1-16(15-24-8-11-25-12-9-24)13-22-19(21-5)23-14-17-7-6-10-26-18(17)20(2,3)4/h16-18H,6-15H2,1-5H3,(H2,21,22,23). The zero-order valence-electron chi connectivity index (χ0n) is 17.5. The second-order valence-electron chi connectivity index (χ2n) is 8.91. The van der Waals surface area contributed by atoms with Gasteiger partial charge in [0.15, 0.2) is 5.96 Å². The van der Waals surface area contributed by atoms with Crippen LogP contribution in [0, 0.1) is 17.3 Å². The van der Waals surface area contributed by atoms with E-state index in [1.54, 1.807) is 0 Å². The molecule has 2 aliphatic rings. The van der Waals surface area contributed by atoms with E-state index in [4.69, 9.17) is 9.47 Å². The van der Waals surface area contributed by atoms with Gasteiger partial charge in [0.25, 0.3) is 0 Å². The molecule has 2 saturated heterocycles. The maximum absolute atomic E-state index is 6.09. The molecule has 2 rings (SSSR count). The van der Waals surface area contributed by atoms with Crippen molar-refractivity contribution in [2.45, 2.75) is 46.6 Å². The first kappa shape index (κ1) is 21.5. The van der Waals surface area contributed by atoms with Crippen LogP contribution in [0.25, 0.3) is 0 Å². The van der Waals surface area contributed by atoms with Gasteiger partial charge in [-0.1, -0.05) is 27.7 Å². The van der Waals surface area contributed by atoms with Crippen molar-refractivity contribution in [2.24, 2.45) is 22.2 Å². The molecule has 0 amide bonds. The quantitative estimate of drug-likeness (QED) is 0.554. The summed E-state index contributed by atoms with van der Waals surface area (Å²) in [6.45, 7) is 16.8. The van der Waals surface area contributed by atoms with Crippen molar-refractivity contribution in [3.8, 4) is 0 Å². The zero-order chi connectivity index (χ0) is 19.0. The van der Waals surface area contributed by atoms with E-state index in [0.29, 0.717) is 17.9 Å². The fraction of sp³-hybridized carbons (Fsp3) is 0.950. The lowest BCUT2D eigenvalue weighted by Crippen LogP contribution is -2.48. The van der Waals surface area contributed by atoms with E-state index in [-0.39, 0.29) is 5.41 Å². The predicted octanol–water partition coefficient (Wildman–Crippen LogP) is 1.96. The van der Waals surface area contributed by atoms with E-state index < -0.39 is 0 Å². The number of ether oxygens (including phenoxy) is 2. The Balaban J connectivity index is 1.72. The van der Waals surface area contributed by atoms with Crippen LogP contribution in [0.2, 0.25) is 0 Å². The highest BCUT2D eigenvalue weighted by Gasteiger charge is 2.35. The molecule has 0 radical (unpaired) electrons. The number of guanidine groups is 1. The first-order valence-electron chi connectivity index (χ1n) is 10.3. The molecule has 0 aromatic heterocycles. The van der Waals surface area contributed by atoms with Gasteiger partial charge in [-0.25, -0.2) is 0 Å². The van der Waals surface area contributed by atoms with Crippen molar-refractivity contribution in [3.63, 3.8) is 0 Å². The van der Waals surface area contributed by atoms with Crippen molar-refractivity contribution >= 4 is 5.96 Å². The number of hydrogen-bond acceptors (Lipinski definition) is 4. The van der Waals surface area contributed by atoms with Crippen LogP contribution in [0.5, 0.6) is 0 Å². The van der Waals surface area contributed by atoms with Crippen molar-refractivity contribution in [3.05, 3.63) is 0 Å². The molecule has 6 nitrogen and oxygen atoms in total. The van der Waals surface area contributed by atoms with Gasteiger partial charge in [0, 0.05) is 52.3 Å². The number of aliphatic imine (C=N–C) groups is 1. The van der Waals surface area contributed by atoms with E-state index in [2.05, 4.69) is 48.2 Å². The number of nitrogens with one attached hydrogen (secondary N) is 2. The van der Waals surface area contributed by atoms with Gasteiger partial charge in [-0.3, -0.25) is 9.89 Å². The van der Waals surface area contributed by atoms with E-state index in [1.165, 1.54) is 6.42 Å². The van der Waals surface area contributed by atoms with E-state index in [9.17, 15) is 0 Å². The highest BCUT2D eigenvalue weighted by atomic mass is 16.5. The fourth-order valence-corrected chi connectivity index (χ4v) is 4.02. The number of hydrogen-bond donors (Lipinski definition) is 2. The van der Waals surface area contributed by atoms with Crippen molar-refractivity contribution in [1.29, 1.82) is 0 Å². The topological polar surface area (TPSA) is 58.1 Å². The van der Waals surface area contributed by atoms with Crippen LogP contribution in [0.1, 0.15) is 40.5 Å². The molecule has 2 heterocycles. The van der Waals surface area contributed by atoms with Gasteiger partial charge in [0.1, 0.15) is 0 Å². The van der Waals surface area contributed by atoms with E-state index >= 15 is 0 Å². The average molecular weight is 369 g/mol. The maximum Gasteiger partial charge on any atom is 0.190 e. The summed E-state index contributed by atoms with van der Waals surface area (Å²) in [5.74, 6) is 2.01. The Morgan fingerprint density at radius 2 is 1.92 bits per heavy atom.